The number of hydrogen-bond donors (Lipinski definition) is 0. The second-order valence-electron chi connectivity index (χ2n) is 8.12. The summed E-state index contributed by atoms with van der Waals surface area (Å²) < 4.78 is 2.14. The van der Waals surface area contributed by atoms with Gasteiger partial charge in [0.1, 0.15) is 5.82 Å². The zero-order valence-electron chi connectivity index (χ0n) is 17.8. The number of imidazole rings is 1. The van der Waals surface area contributed by atoms with Crippen molar-refractivity contribution in [2.24, 2.45) is 5.92 Å². The highest BCUT2D eigenvalue weighted by Crippen LogP contribution is 2.23. The van der Waals surface area contributed by atoms with Gasteiger partial charge in [-0.15, -0.1) is 0 Å². The lowest BCUT2D eigenvalue weighted by Crippen LogP contribution is -2.35. The molecule has 4 rings (SSSR count). The zero-order chi connectivity index (χ0) is 21.3. The molecule has 1 fully saturated rings. The van der Waals surface area contributed by atoms with Crippen molar-refractivity contribution in [1.82, 2.24) is 19.4 Å². The molecule has 1 aliphatic rings. The minimum absolute atomic E-state index is 0.00413. The smallest absolute Gasteiger partial charge is 0.228 e. The Labute approximate surface area is 177 Å². The first kappa shape index (κ1) is 20.1. The van der Waals surface area contributed by atoms with Crippen molar-refractivity contribution in [3.63, 3.8) is 0 Å². The van der Waals surface area contributed by atoms with Gasteiger partial charge in [0, 0.05) is 33.1 Å². The Bertz CT molecular complexity index is 1070. The van der Waals surface area contributed by atoms with Crippen LogP contribution in [-0.2, 0) is 29.2 Å². The van der Waals surface area contributed by atoms with Crippen molar-refractivity contribution in [3.05, 3.63) is 65.5 Å². The van der Waals surface area contributed by atoms with Crippen LogP contribution in [0.15, 0.2) is 48.5 Å². The van der Waals surface area contributed by atoms with Crippen LogP contribution >= 0.6 is 0 Å². The molecule has 2 heterocycles. The number of nitrogens with zero attached hydrogens (tertiary/aromatic N) is 4. The summed E-state index contributed by atoms with van der Waals surface area (Å²) in [7, 11) is 1.80. The van der Waals surface area contributed by atoms with Crippen LogP contribution in [0.5, 0.6) is 0 Å². The molecule has 6 heteroatoms. The molecule has 3 aromatic rings. The SMILES string of the molecule is CCn1c(CN(C)C(=O)C2CC(=O)N(Cc3ccc(C)cc3)C2)nc2ccccc21. The van der Waals surface area contributed by atoms with Gasteiger partial charge in [-0.1, -0.05) is 42.0 Å². The first-order valence-corrected chi connectivity index (χ1v) is 10.5. The van der Waals surface area contributed by atoms with Crippen molar-refractivity contribution in [3.8, 4) is 0 Å². The van der Waals surface area contributed by atoms with Crippen LogP contribution in [0.3, 0.4) is 0 Å². The average molecular weight is 405 g/mol. The Morgan fingerprint density at radius 1 is 1.17 bits per heavy atom. The van der Waals surface area contributed by atoms with Crippen LogP contribution in [0, 0.1) is 12.8 Å². The molecular formula is C24H28N4O2. The monoisotopic (exact) mass is 404 g/mol. The van der Waals surface area contributed by atoms with Gasteiger partial charge in [0.25, 0.3) is 0 Å². The largest absolute Gasteiger partial charge is 0.338 e. The Morgan fingerprint density at radius 3 is 2.63 bits per heavy atom. The minimum Gasteiger partial charge on any atom is -0.338 e. The molecular weight excluding hydrogens is 376 g/mol. The van der Waals surface area contributed by atoms with Crippen molar-refractivity contribution in [2.45, 2.75) is 39.9 Å². The Morgan fingerprint density at radius 2 is 1.90 bits per heavy atom. The highest BCUT2D eigenvalue weighted by molar-refractivity contribution is 5.89. The lowest BCUT2D eigenvalue weighted by Gasteiger charge is -2.21. The number of benzene rings is 2. The first-order chi connectivity index (χ1) is 14.5. The molecule has 1 unspecified atom stereocenters. The number of para-hydroxylation sites is 2. The van der Waals surface area contributed by atoms with Crippen LogP contribution in [0.4, 0.5) is 0 Å². The lowest BCUT2D eigenvalue weighted by atomic mass is 10.1. The molecule has 0 spiro atoms. The molecule has 1 saturated heterocycles. The summed E-state index contributed by atoms with van der Waals surface area (Å²) in [5.41, 5.74) is 4.30. The van der Waals surface area contributed by atoms with Gasteiger partial charge >= 0.3 is 0 Å². The summed E-state index contributed by atoms with van der Waals surface area (Å²) in [6.45, 7) is 6.38. The van der Waals surface area contributed by atoms with E-state index < -0.39 is 0 Å². The second-order valence-corrected chi connectivity index (χ2v) is 8.12. The summed E-state index contributed by atoms with van der Waals surface area (Å²) >= 11 is 0. The number of likely N-dealkylation sites (tertiary alicyclic amines) is 1. The van der Waals surface area contributed by atoms with Gasteiger partial charge in [-0.2, -0.15) is 0 Å². The number of fused-ring (bicyclic) bond motifs is 1. The van der Waals surface area contributed by atoms with Crippen LogP contribution in [0.25, 0.3) is 11.0 Å². The van der Waals surface area contributed by atoms with Gasteiger partial charge in [0.15, 0.2) is 0 Å². The Kier molecular flexibility index (Phi) is 5.57. The highest BCUT2D eigenvalue weighted by Gasteiger charge is 2.36. The summed E-state index contributed by atoms with van der Waals surface area (Å²) in [4.78, 5) is 33.8. The summed E-state index contributed by atoms with van der Waals surface area (Å²) in [5.74, 6) is 0.621. The first-order valence-electron chi connectivity index (χ1n) is 10.5. The number of aromatic nitrogens is 2. The van der Waals surface area contributed by atoms with E-state index in [4.69, 9.17) is 4.98 Å². The van der Waals surface area contributed by atoms with Crippen molar-refractivity contribution >= 4 is 22.8 Å². The maximum absolute atomic E-state index is 13.1. The van der Waals surface area contributed by atoms with Crippen LogP contribution in [-0.4, -0.2) is 44.8 Å². The molecule has 0 aliphatic carbocycles. The molecule has 30 heavy (non-hydrogen) atoms. The standard InChI is InChI=1S/C24H28N4O2/c1-4-28-21-8-6-5-7-20(21)25-22(28)16-26(3)24(30)19-13-23(29)27(15-19)14-18-11-9-17(2)10-12-18/h5-12,19H,4,13-16H2,1-3H3. The van der Waals surface area contributed by atoms with E-state index in [0.717, 1.165) is 29.0 Å². The summed E-state index contributed by atoms with van der Waals surface area (Å²) in [6.07, 6.45) is 0.277. The van der Waals surface area contributed by atoms with E-state index in [2.05, 4.69) is 17.6 Å². The number of carbonyl (C=O) groups excluding carboxylic acids is 2. The maximum atomic E-state index is 13.1. The molecule has 0 radical (unpaired) electrons. The normalized spacial score (nSPS) is 16.4. The van der Waals surface area contributed by atoms with Gasteiger partial charge in [0.05, 0.1) is 23.5 Å². The number of rotatable bonds is 6. The van der Waals surface area contributed by atoms with Crippen LogP contribution in [0.2, 0.25) is 0 Å². The average Bonchev–Trinajstić information content (AvgIpc) is 3.28. The molecule has 1 aliphatic heterocycles. The predicted octanol–water partition coefficient (Wildman–Crippen LogP) is 3.37. The Balaban J connectivity index is 1.43. The van der Waals surface area contributed by atoms with Gasteiger partial charge in [-0.05, 0) is 31.5 Å². The molecule has 2 aromatic carbocycles. The fourth-order valence-corrected chi connectivity index (χ4v) is 4.20. The van der Waals surface area contributed by atoms with E-state index in [-0.39, 0.29) is 24.2 Å². The molecule has 0 saturated carbocycles. The van der Waals surface area contributed by atoms with E-state index >= 15 is 0 Å². The molecule has 156 valence electrons. The van der Waals surface area contributed by atoms with E-state index in [1.165, 1.54) is 5.56 Å². The molecule has 2 amide bonds. The third-order valence-electron chi connectivity index (χ3n) is 5.86. The number of amides is 2. The van der Waals surface area contributed by atoms with Gasteiger partial charge in [-0.25, -0.2) is 4.98 Å². The number of hydrogen-bond acceptors (Lipinski definition) is 3. The quantitative estimate of drug-likeness (QED) is 0.633. The lowest BCUT2D eigenvalue weighted by molar-refractivity contribution is -0.135. The maximum Gasteiger partial charge on any atom is 0.228 e. The highest BCUT2D eigenvalue weighted by atomic mass is 16.2. The van der Waals surface area contributed by atoms with E-state index in [0.29, 0.717) is 19.6 Å². The number of aryl methyl sites for hydroxylation is 2. The summed E-state index contributed by atoms with van der Waals surface area (Å²) in [6, 6.07) is 16.2. The van der Waals surface area contributed by atoms with Crippen molar-refractivity contribution < 1.29 is 9.59 Å². The topological polar surface area (TPSA) is 58.4 Å². The third-order valence-corrected chi connectivity index (χ3v) is 5.86. The van der Waals surface area contributed by atoms with E-state index in [9.17, 15) is 9.59 Å². The van der Waals surface area contributed by atoms with Gasteiger partial charge in [-0.3, -0.25) is 9.59 Å². The van der Waals surface area contributed by atoms with E-state index in [1.807, 2.05) is 49.4 Å². The van der Waals surface area contributed by atoms with Crippen LogP contribution < -0.4 is 0 Å². The van der Waals surface area contributed by atoms with Crippen molar-refractivity contribution in [1.29, 1.82) is 0 Å². The third kappa shape index (κ3) is 3.95. The van der Waals surface area contributed by atoms with Crippen LogP contribution in [0.1, 0.15) is 30.3 Å². The fourth-order valence-electron chi connectivity index (χ4n) is 4.20. The predicted molar refractivity (Wildman–Crippen MR) is 117 cm³/mol. The molecule has 1 atom stereocenters. The summed E-state index contributed by atoms with van der Waals surface area (Å²) in [5, 5.41) is 0. The van der Waals surface area contributed by atoms with Gasteiger partial charge < -0.3 is 14.4 Å². The fraction of sp³-hybridized carbons (Fsp3) is 0.375. The van der Waals surface area contributed by atoms with E-state index in [1.54, 1.807) is 16.8 Å². The second kappa shape index (κ2) is 8.30. The molecule has 6 nitrogen and oxygen atoms in total. The minimum atomic E-state index is -0.299. The van der Waals surface area contributed by atoms with Gasteiger partial charge in [0.2, 0.25) is 11.8 Å². The van der Waals surface area contributed by atoms with Crippen molar-refractivity contribution in [2.75, 3.05) is 13.6 Å². The molecule has 1 aromatic heterocycles. The molecule has 0 bridgehead atoms. The zero-order valence-corrected chi connectivity index (χ0v) is 17.8. The Hall–Kier alpha value is -3.15. The number of carbonyl (C=O) groups is 2. The molecule has 0 N–H and O–H groups in total.